The van der Waals surface area contributed by atoms with Crippen molar-refractivity contribution in [2.75, 3.05) is 13.1 Å². The van der Waals surface area contributed by atoms with E-state index in [1.54, 1.807) is 4.90 Å². The first-order chi connectivity index (χ1) is 11.1. The monoisotopic (exact) mass is 336 g/mol. The molecular weight excluding hydrogens is 304 g/mol. The lowest BCUT2D eigenvalue weighted by Gasteiger charge is -2.25. The summed E-state index contributed by atoms with van der Waals surface area (Å²) < 4.78 is 7.51. The van der Waals surface area contributed by atoms with Gasteiger partial charge in [-0.2, -0.15) is 5.10 Å². The summed E-state index contributed by atoms with van der Waals surface area (Å²) in [6.45, 7) is 15.7. The number of hydrogen-bond acceptors (Lipinski definition) is 4. The van der Waals surface area contributed by atoms with Crippen molar-refractivity contribution in [3.05, 3.63) is 17.5 Å². The summed E-state index contributed by atoms with van der Waals surface area (Å²) in [6, 6.07) is 0.857. The van der Waals surface area contributed by atoms with Crippen molar-refractivity contribution in [3.63, 3.8) is 0 Å². The third-order valence-electron chi connectivity index (χ3n) is 4.36. The molecular formula is C18H32N4O2. The first kappa shape index (κ1) is 18.8. The van der Waals surface area contributed by atoms with Crippen LogP contribution in [0.2, 0.25) is 0 Å². The molecule has 0 radical (unpaired) electrons. The fraction of sp³-hybridized carbons (Fsp3) is 0.778. The average molecular weight is 336 g/mol. The van der Waals surface area contributed by atoms with Crippen LogP contribution < -0.4 is 5.32 Å². The number of carbonyl (C=O) groups is 1. The molecule has 0 aromatic carbocycles. The number of aromatic nitrogens is 2. The van der Waals surface area contributed by atoms with Crippen molar-refractivity contribution >= 4 is 6.09 Å². The van der Waals surface area contributed by atoms with E-state index in [1.807, 2.05) is 27.0 Å². The normalized spacial score (nSPS) is 19.8. The van der Waals surface area contributed by atoms with Crippen LogP contribution in [0.15, 0.2) is 6.20 Å². The Morgan fingerprint density at radius 2 is 2.04 bits per heavy atom. The molecule has 24 heavy (non-hydrogen) atoms. The van der Waals surface area contributed by atoms with Crippen molar-refractivity contribution < 1.29 is 9.53 Å². The van der Waals surface area contributed by atoms with E-state index in [9.17, 15) is 4.79 Å². The van der Waals surface area contributed by atoms with Crippen molar-refractivity contribution in [1.29, 1.82) is 0 Å². The molecule has 0 unspecified atom stereocenters. The Labute approximate surface area is 145 Å². The molecule has 1 fully saturated rings. The number of amides is 1. The van der Waals surface area contributed by atoms with E-state index in [1.165, 1.54) is 11.3 Å². The minimum atomic E-state index is -0.446. The summed E-state index contributed by atoms with van der Waals surface area (Å²) in [5, 5.41) is 8.12. The second kappa shape index (κ2) is 7.13. The minimum absolute atomic E-state index is 0.209. The second-order valence-electron chi connectivity index (χ2n) is 8.02. The maximum absolute atomic E-state index is 12.2. The predicted molar refractivity (Wildman–Crippen MR) is 95.1 cm³/mol. The molecule has 2 rings (SSSR count). The zero-order chi connectivity index (χ0) is 18.1. The van der Waals surface area contributed by atoms with E-state index in [0.717, 1.165) is 13.0 Å². The number of ether oxygens (including phenoxy) is 1. The van der Waals surface area contributed by atoms with Crippen molar-refractivity contribution in [1.82, 2.24) is 20.0 Å². The molecule has 6 heteroatoms. The molecule has 0 bridgehead atoms. The summed E-state index contributed by atoms with van der Waals surface area (Å²) in [6.07, 6.45) is 2.68. The Morgan fingerprint density at radius 3 is 2.58 bits per heavy atom. The lowest BCUT2D eigenvalue weighted by atomic mass is 10.1. The first-order valence-electron chi connectivity index (χ1n) is 8.86. The third-order valence-corrected chi connectivity index (χ3v) is 4.36. The number of rotatable bonds is 4. The topological polar surface area (TPSA) is 59.4 Å². The minimum Gasteiger partial charge on any atom is -0.444 e. The van der Waals surface area contributed by atoms with Gasteiger partial charge in [-0.25, -0.2) is 4.79 Å². The maximum Gasteiger partial charge on any atom is 0.410 e. The Balaban J connectivity index is 1.92. The van der Waals surface area contributed by atoms with E-state index >= 15 is 0 Å². The Morgan fingerprint density at radius 1 is 1.38 bits per heavy atom. The lowest BCUT2D eigenvalue weighted by molar-refractivity contribution is 0.0290. The molecule has 2 atom stereocenters. The van der Waals surface area contributed by atoms with Crippen LogP contribution in [-0.4, -0.2) is 45.5 Å². The van der Waals surface area contributed by atoms with Gasteiger partial charge in [0.2, 0.25) is 0 Å². The zero-order valence-corrected chi connectivity index (χ0v) is 16.1. The fourth-order valence-corrected chi connectivity index (χ4v) is 3.21. The van der Waals surface area contributed by atoms with Crippen LogP contribution in [0.1, 0.15) is 71.3 Å². The van der Waals surface area contributed by atoms with Crippen LogP contribution in [-0.2, 0) is 4.74 Å². The largest absolute Gasteiger partial charge is 0.444 e. The SMILES string of the molecule is Cc1c([C@@H](C)N[C@@H]2CCN(C(=O)OC(C)(C)C)C2)cnn1C(C)C. The molecule has 1 saturated heterocycles. The highest BCUT2D eigenvalue weighted by Crippen LogP contribution is 2.22. The molecule has 0 spiro atoms. The lowest BCUT2D eigenvalue weighted by Crippen LogP contribution is -2.39. The Bertz CT molecular complexity index is 574. The molecule has 2 heterocycles. The van der Waals surface area contributed by atoms with Gasteiger partial charge >= 0.3 is 6.09 Å². The van der Waals surface area contributed by atoms with Gasteiger partial charge in [-0.05, 0) is 54.9 Å². The second-order valence-corrected chi connectivity index (χ2v) is 8.02. The van der Waals surface area contributed by atoms with Crippen LogP contribution in [0.5, 0.6) is 0 Å². The quantitative estimate of drug-likeness (QED) is 0.915. The van der Waals surface area contributed by atoms with Gasteiger partial charge in [0.05, 0.1) is 6.20 Å². The highest BCUT2D eigenvalue weighted by molar-refractivity contribution is 5.68. The summed E-state index contributed by atoms with van der Waals surface area (Å²) in [7, 11) is 0. The smallest absolute Gasteiger partial charge is 0.410 e. The zero-order valence-electron chi connectivity index (χ0n) is 16.1. The maximum atomic E-state index is 12.2. The summed E-state index contributed by atoms with van der Waals surface area (Å²) in [5.74, 6) is 0. The fourth-order valence-electron chi connectivity index (χ4n) is 3.21. The average Bonchev–Trinajstić information content (AvgIpc) is 3.03. The van der Waals surface area contributed by atoms with Crippen molar-refractivity contribution in [2.24, 2.45) is 0 Å². The number of nitrogens with one attached hydrogen (secondary N) is 1. The van der Waals surface area contributed by atoms with Crippen LogP contribution >= 0.6 is 0 Å². The van der Waals surface area contributed by atoms with Gasteiger partial charge in [0.15, 0.2) is 0 Å². The summed E-state index contributed by atoms with van der Waals surface area (Å²) in [4.78, 5) is 13.9. The Kier molecular flexibility index (Phi) is 5.58. The number of likely N-dealkylation sites (tertiary alicyclic amines) is 1. The summed E-state index contributed by atoms with van der Waals surface area (Å²) in [5.41, 5.74) is 1.98. The van der Waals surface area contributed by atoms with Gasteiger partial charge in [-0.3, -0.25) is 4.68 Å². The van der Waals surface area contributed by atoms with Gasteiger partial charge in [0.1, 0.15) is 5.60 Å². The van der Waals surface area contributed by atoms with Gasteiger partial charge in [-0.1, -0.05) is 0 Å². The molecule has 1 aliphatic heterocycles. The van der Waals surface area contributed by atoms with Gasteiger partial charge in [0.25, 0.3) is 0 Å². The highest BCUT2D eigenvalue weighted by Gasteiger charge is 2.30. The van der Waals surface area contributed by atoms with E-state index in [-0.39, 0.29) is 18.2 Å². The number of hydrogen-bond donors (Lipinski definition) is 1. The molecule has 136 valence electrons. The van der Waals surface area contributed by atoms with E-state index in [2.05, 4.69) is 42.8 Å². The molecule has 0 saturated carbocycles. The number of carbonyl (C=O) groups excluding carboxylic acids is 1. The van der Waals surface area contributed by atoms with E-state index in [4.69, 9.17) is 4.74 Å². The van der Waals surface area contributed by atoms with E-state index < -0.39 is 5.60 Å². The van der Waals surface area contributed by atoms with Crippen LogP contribution in [0.3, 0.4) is 0 Å². The van der Waals surface area contributed by atoms with Gasteiger partial charge in [-0.15, -0.1) is 0 Å². The highest BCUT2D eigenvalue weighted by atomic mass is 16.6. The van der Waals surface area contributed by atoms with Gasteiger partial charge < -0.3 is 15.0 Å². The van der Waals surface area contributed by atoms with Crippen LogP contribution in [0.25, 0.3) is 0 Å². The number of nitrogens with zero attached hydrogens (tertiary/aromatic N) is 3. The van der Waals surface area contributed by atoms with E-state index in [0.29, 0.717) is 12.6 Å². The van der Waals surface area contributed by atoms with Crippen molar-refractivity contribution in [3.8, 4) is 0 Å². The molecule has 1 amide bonds. The third kappa shape index (κ3) is 4.50. The molecule has 0 aliphatic carbocycles. The Hall–Kier alpha value is -1.56. The first-order valence-corrected chi connectivity index (χ1v) is 8.86. The summed E-state index contributed by atoms with van der Waals surface area (Å²) >= 11 is 0. The molecule has 1 aliphatic rings. The predicted octanol–water partition coefficient (Wildman–Crippen LogP) is 3.43. The van der Waals surface area contributed by atoms with Crippen molar-refractivity contribution in [2.45, 2.75) is 78.6 Å². The van der Waals surface area contributed by atoms with Crippen LogP contribution in [0.4, 0.5) is 4.79 Å². The standard InChI is InChI=1S/C18H32N4O2/c1-12(2)22-14(4)16(10-19-22)13(3)20-15-8-9-21(11-15)17(23)24-18(5,6)7/h10,12-13,15,20H,8-9,11H2,1-7H3/t13-,15-/m1/s1. The van der Waals surface area contributed by atoms with Crippen LogP contribution in [0, 0.1) is 6.92 Å². The molecule has 1 aromatic heterocycles. The van der Waals surface area contributed by atoms with Gasteiger partial charge in [0, 0.05) is 42.5 Å². The molecule has 6 nitrogen and oxygen atoms in total. The molecule has 1 N–H and O–H groups in total. The molecule has 1 aromatic rings.